The molecule has 0 aliphatic carbocycles. The van der Waals surface area contributed by atoms with Crippen molar-refractivity contribution < 1.29 is 4.79 Å². The van der Waals surface area contributed by atoms with E-state index >= 15 is 0 Å². The van der Waals surface area contributed by atoms with Gasteiger partial charge in [-0.3, -0.25) is 4.79 Å². The molecule has 0 spiro atoms. The van der Waals surface area contributed by atoms with Crippen molar-refractivity contribution in [3.63, 3.8) is 0 Å². The highest BCUT2D eigenvalue weighted by Crippen LogP contribution is 2.44. The molecule has 1 fully saturated rings. The Balaban J connectivity index is 1.36. The number of benzene rings is 4. The zero-order valence-corrected chi connectivity index (χ0v) is 24.4. The van der Waals surface area contributed by atoms with Gasteiger partial charge < -0.3 is 4.90 Å². The summed E-state index contributed by atoms with van der Waals surface area (Å²) in [5, 5.41) is 11.7. The Morgan fingerprint density at radius 3 is 1.93 bits per heavy atom. The summed E-state index contributed by atoms with van der Waals surface area (Å²) in [5.74, 6) is 0. The molecule has 4 aromatic rings. The maximum atomic E-state index is 14.0. The van der Waals surface area contributed by atoms with Crippen molar-refractivity contribution in [2.24, 2.45) is 0 Å². The van der Waals surface area contributed by atoms with E-state index in [2.05, 4.69) is 23.1 Å². The van der Waals surface area contributed by atoms with Gasteiger partial charge in [-0.05, 0) is 79.0 Å². The van der Waals surface area contributed by atoms with Crippen molar-refractivity contribution in [3.8, 4) is 6.07 Å². The molecule has 1 saturated heterocycles. The fourth-order valence-electron chi connectivity index (χ4n) is 5.69. The van der Waals surface area contributed by atoms with Crippen LogP contribution in [0.15, 0.2) is 114 Å². The van der Waals surface area contributed by atoms with Crippen molar-refractivity contribution >= 4 is 40.1 Å². The van der Waals surface area contributed by atoms with Crippen LogP contribution in [0.25, 0.3) is 0 Å². The lowest BCUT2D eigenvalue weighted by molar-refractivity contribution is -0.117. The van der Waals surface area contributed by atoms with E-state index in [9.17, 15) is 10.1 Å². The number of carbonyl (C=O) groups excluding carboxylic acids is 1. The Hall–Kier alpha value is -3.07. The van der Waals surface area contributed by atoms with E-state index in [1.165, 1.54) is 11.8 Å². The number of halogens is 2. The Labute approximate surface area is 250 Å². The standard InChI is InChI=1S/C34H30Cl2N2OS/c35-29-16-17-31(30(36)24-29)40-32(39)33(26-10-4-1-5-11-26)18-21-38(22-19-33)23-20-34(25-37,27-12-6-2-7-13-27)28-14-8-3-9-15-28/h1-17,24H,18-23H2. The van der Waals surface area contributed by atoms with Crippen molar-refractivity contribution in [2.45, 2.75) is 35.0 Å². The summed E-state index contributed by atoms with van der Waals surface area (Å²) >= 11 is 13.7. The van der Waals surface area contributed by atoms with Gasteiger partial charge in [-0.15, -0.1) is 0 Å². The lowest BCUT2D eigenvalue weighted by atomic mass is 9.72. The number of hydrogen-bond acceptors (Lipinski definition) is 4. The summed E-state index contributed by atoms with van der Waals surface area (Å²) in [6.07, 6.45) is 2.06. The van der Waals surface area contributed by atoms with Crippen LogP contribution in [0.2, 0.25) is 10.0 Å². The zero-order valence-electron chi connectivity index (χ0n) is 22.1. The summed E-state index contributed by atoms with van der Waals surface area (Å²) in [4.78, 5) is 17.1. The molecule has 0 saturated carbocycles. The number of nitrogens with zero attached hydrogens (tertiary/aromatic N) is 2. The lowest BCUT2D eigenvalue weighted by Gasteiger charge is -2.41. The van der Waals surface area contributed by atoms with E-state index in [0.29, 0.717) is 29.3 Å². The van der Waals surface area contributed by atoms with Crippen LogP contribution >= 0.6 is 35.0 Å². The molecule has 1 heterocycles. The van der Waals surface area contributed by atoms with Crippen molar-refractivity contribution in [3.05, 3.63) is 136 Å². The molecule has 0 radical (unpaired) electrons. The second-order valence-corrected chi connectivity index (χ2v) is 12.1. The van der Waals surface area contributed by atoms with E-state index < -0.39 is 10.8 Å². The monoisotopic (exact) mass is 584 g/mol. The zero-order chi connectivity index (χ0) is 28.0. The number of nitriles is 1. The van der Waals surface area contributed by atoms with Crippen LogP contribution in [0.1, 0.15) is 36.0 Å². The summed E-state index contributed by atoms with van der Waals surface area (Å²) in [6, 6.07) is 38.2. The van der Waals surface area contributed by atoms with E-state index in [1.807, 2.05) is 84.9 Å². The SMILES string of the molecule is N#CC(CCN1CCC(C(=O)Sc2ccc(Cl)cc2Cl)(c2ccccc2)CC1)(c1ccccc1)c1ccccc1. The second-order valence-electron chi connectivity index (χ2n) is 10.3. The molecular weight excluding hydrogens is 555 g/mol. The molecule has 40 heavy (non-hydrogen) atoms. The Morgan fingerprint density at radius 1 is 0.850 bits per heavy atom. The maximum absolute atomic E-state index is 14.0. The lowest BCUT2D eigenvalue weighted by Crippen LogP contribution is -2.47. The molecule has 4 aromatic carbocycles. The average Bonchev–Trinajstić information content (AvgIpc) is 3.01. The second kappa shape index (κ2) is 12.6. The molecule has 5 rings (SSSR count). The highest BCUT2D eigenvalue weighted by Gasteiger charge is 2.44. The summed E-state index contributed by atoms with van der Waals surface area (Å²) in [7, 11) is 0. The fourth-order valence-corrected chi connectivity index (χ4v) is 7.23. The van der Waals surface area contributed by atoms with Crippen LogP contribution in [-0.4, -0.2) is 29.6 Å². The summed E-state index contributed by atoms with van der Waals surface area (Å²) < 4.78 is 0. The molecule has 0 unspecified atom stereocenters. The number of thioether (sulfide) groups is 1. The quantitative estimate of drug-likeness (QED) is 0.194. The average molecular weight is 586 g/mol. The van der Waals surface area contributed by atoms with E-state index in [1.54, 1.807) is 12.1 Å². The van der Waals surface area contributed by atoms with Gasteiger partial charge in [-0.2, -0.15) is 5.26 Å². The van der Waals surface area contributed by atoms with Gasteiger partial charge >= 0.3 is 0 Å². The number of carbonyl (C=O) groups is 1. The minimum absolute atomic E-state index is 0.0996. The molecule has 0 N–H and O–H groups in total. The van der Waals surface area contributed by atoms with Gasteiger partial charge in [0, 0.05) is 16.5 Å². The molecule has 6 heteroatoms. The summed E-state index contributed by atoms with van der Waals surface area (Å²) in [5.41, 5.74) is 1.69. The largest absolute Gasteiger partial charge is 0.303 e. The Bertz CT molecular complexity index is 1440. The minimum Gasteiger partial charge on any atom is -0.303 e. The normalized spacial score (nSPS) is 15.3. The molecule has 0 atom stereocenters. The third-order valence-corrected chi connectivity index (χ3v) is 9.86. The van der Waals surface area contributed by atoms with Gasteiger partial charge in [-0.1, -0.05) is 114 Å². The molecule has 202 valence electrons. The highest BCUT2D eigenvalue weighted by atomic mass is 35.5. The number of piperidine rings is 1. The third kappa shape index (κ3) is 5.85. The van der Waals surface area contributed by atoms with Gasteiger partial charge in [-0.25, -0.2) is 0 Å². The number of likely N-dealkylation sites (tertiary alicyclic amines) is 1. The first kappa shape index (κ1) is 28.5. The molecular formula is C34H30Cl2N2OS. The first-order chi connectivity index (χ1) is 19.5. The van der Waals surface area contributed by atoms with Crippen LogP contribution in [-0.2, 0) is 15.6 Å². The van der Waals surface area contributed by atoms with Gasteiger partial charge in [0.05, 0.1) is 16.5 Å². The number of hydrogen-bond donors (Lipinski definition) is 0. The van der Waals surface area contributed by atoms with Crippen LogP contribution in [0.5, 0.6) is 0 Å². The topological polar surface area (TPSA) is 44.1 Å². The van der Waals surface area contributed by atoms with Crippen LogP contribution in [0.4, 0.5) is 0 Å². The molecule has 0 amide bonds. The van der Waals surface area contributed by atoms with Crippen LogP contribution in [0, 0.1) is 11.3 Å². The Morgan fingerprint density at radius 2 is 1.40 bits per heavy atom. The highest BCUT2D eigenvalue weighted by molar-refractivity contribution is 8.14. The van der Waals surface area contributed by atoms with E-state index in [-0.39, 0.29) is 5.12 Å². The molecule has 3 nitrogen and oxygen atoms in total. The van der Waals surface area contributed by atoms with Crippen LogP contribution < -0.4 is 0 Å². The van der Waals surface area contributed by atoms with E-state index in [4.69, 9.17) is 23.2 Å². The van der Waals surface area contributed by atoms with Gasteiger partial charge in [0.15, 0.2) is 0 Å². The maximum Gasteiger partial charge on any atom is 0.204 e. The van der Waals surface area contributed by atoms with Crippen LogP contribution in [0.3, 0.4) is 0 Å². The predicted molar refractivity (Wildman–Crippen MR) is 165 cm³/mol. The van der Waals surface area contributed by atoms with Crippen molar-refractivity contribution in [1.29, 1.82) is 5.26 Å². The molecule has 0 aromatic heterocycles. The smallest absolute Gasteiger partial charge is 0.204 e. The molecule has 1 aliphatic heterocycles. The first-order valence-corrected chi connectivity index (χ1v) is 15.0. The third-order valence-electron chi connectivity index (χ3n) is 8.05. The minimum atomic E-state index is -0.743. The van der Waals surface area contributed by atoms with Gasteiger partial charge in [0.25, 0.3) is 0 Å². The molecule has 1 aliphatic rings. The Kier molecular flexibility index (Phi) is 8.98. The first-order valence-electron chi connectivity index (χ1n) is 13.4. The van der Waals surface area contributed by atoms with Gasteiger partial charge in [0.2, 0.25) is 5.12 Å². The number of rotatable bonds is 8. The van der Waals surface area contributed by atoms with Crippen molar-refractivity contribution in [2.75, 3.05) is 19.6 Å². The fraction of sp³-hybridized carbons (Fsp3) is 0.235. The molecule has 0 bridgehead atoms. The summed E-state index contributed by atoms with van der Waals surface area (Å²) in [6.45, 7) is 2.29. The predicted octanol–water partition coefficient (Wildman–Crippen LogP) is 8.55. The van der Waals surface area contributed by atoms with E-state index in [0.717, 1.165) is 41.2 Å². The van der Waals surface area contributed by atoms with Gasteiger partial charge in [0.1, 0.15) is 5.41 Å². The van der Waals surface area contributed by atoms with Crippen molar-refractivity contribution in [1.82, 2.24) is 4.90 Å².